The molecule has 1 fully saturated rings. The lowest BCUT2D eigenvalue weighted by atomic mass is 10.2. The van der Waals surface area contributed by atoms with E-state index in [2.05, 4.69) is 20.8 Å². The lowest BCUT2D eigenvalue weighted by molar-refractivity contribution is -0.117. The van der Waals surface area contributed by atoms with Gasteiger partial charge in [0, 0.05) is 10.6 Å². The molecule has 3 rings (SSSR count). The molecule has 0 aliphatic carbocycles. The maximum Gasteiger partial charge on any atom is 0.241 e. The Kier molecular flexibility index (Phi) is 6.46. The van der Waals surface area contributed by atoms with Crippen molar-refractivity contribution in [2.45, 2.75) is 28.1 Å². The van der Waals surface area contributed by atoms with Crippen LogP contribution in [-0.2, 0) is 4.79 Å². The van der Waals surface area contributed by atoms with Crippen molar-refractivity contribution in [2.24, 2.45) is 0 Å². The molecule has 1 atom stereocenters. The van der Waals surface area contributed by atoms with Crippen LogP contribution in [0.15, 0.2) is 32.9 Å². The van der Waals surface area contributed by atoms with Crippen molar-refractivity contribution in [2.75, 3.05) is 11.9 Å². The molecule has 5 nitrogen and oxygen atoms in total. The van der Waals surface area contributed by atoms with Crippen LogP contribution in [0.3, 0.4) is 0 Å². The van der Waals surface area contributed by atoms with Crippen LogP contribution in [0, 0.1) is 0 Å². The molecule has 1 saturated heterocycles. The molecule has 2 N–H and O–H groups in total. The van der Waals surface area contributed by atoms with E-state index in [4.69, 9.17) is 11.6 Å². The molecule has 0 bridgehead atoms. The number of rotatable bonds is 4. The van der Waals surface area contributed by atoms with Crippen LogP contribution in [0.25, 0.3) is 0 Å². The zero-order chi connectivity index (χ0) is 14.7. The second-order valence-corrected chi connectivity index (χ2v) is 7.12. The van der Waals surface area contributed by atoms with Gasteiger partial charge in [0.1, 0.15) is 5.51 Å². The molecule has 1 amide bonds. The Labute approximate surface area is 147 Å². The van der Waals surface area contributed by atoms with Crippen molar-refractivity contribution >= 4 is 58.7 Å². The van der Waals surface area contributed by atoms with Gasteiger partial charge in [-0.25, -0.2) is 0 Å². The second kappa shape index (κ2) is 8.12. The predicted molar refractivity (Wildman–Crippen MR) is 92.4 cm³/mol. The molecule has 0 radical (unpaired) electrons. The van der Waals surface area contributed by atoms with Crippen LogP contribution in [-0.4, -0.2) is 28.7 Å². The molecule has 2 aromatic rings. The molecular formula is C13H14Cl2N4OS2. The Morgan fingerprint density at radius 2 is 2.36 bits per heavy atom. The number of aromatic nitrogens is 2. The summed E-state index contributed by atoms with van der Waals surface area (Å²) >= 11 is 9.18. The first kappa shape index (κ1) is 17.5. The van der Waals surface area contributed by atoms with Crippen LogP contribution >= 0.6 is 47.1 Å². The third kappa shape index (κ3) is 4.33. The smallest absolute Gasteiger partial charge is 0.241 e. The third-order valence-electron chi connectivity index (χ3n) is 3.11. The van der Waals surface area contributed by atoms with Crippen molar-refractivity contribution in [1.29, 1.82) is 0 Å². The molecule has 22 heavy (non-hydrogen) atoms. The third-order valence-corrected chi connectivity index (χ3v) is 5.39. The van der Waals surface area contributed by atoms with Crippen molar-refractivity contribution in [1.82, 2.24) is 15.5 Å². The van der Waals surface area contributed by atoms with Crippen LogP contribution in [0.2, 0.25) is 5.02 Å². The average Bonchev–Trinajstić information content (AvgIpc) is 3.14. The molecule has 9 heteroatoms. The second-order valence-electron chi connectivity index (χ2n) is 4.59. The minimum Gasteiger partial charge on any atom is -0.325 e. The van der Waals surface area contributed by atoms with E-state index in [0.717, 1.165) is 28.6 Å². The summed E-state index contributed by atoms with van der Waals surface area (Å²) in [6.07, 6.45) is 1.92. The van der Waals surface area contributed by atoms with E-state index in [9.17, 15) is 4.79 Å². The number of amides is 1. The Balaban J connectivity index is 0.00000176. The van der Waals surface area contributed by atoms with Crippen molar-refractivity contribution in [3.05, 3.63) is 28.7 Å². The normalized spacial score (nSPS) is 17.0. The maximum atomic E-state index is 12.0. The largest absolute Gasteiger partial charge is 0.325 e. The van der Waals surface area contributed by atoms with E-state index in [1.165, 1.54) is 23.1 Å². The molecule has 2 heterocycles. The van der Waals surface area contributed by atoms with Crippen molar-refractivity contribution in [3.8, 4) is 0 Å². The fourth-order valence-corrected chi connectivity index (χ4v) is 3.84. The fraction of sp³-hybridized carbons (Fsp3) is 0.308. The summed E-state index contributed by atoms with van der Waals surface area (Å²) in [7, 11) is 0. The number of nitrogens with one attached hydrogen (secondary N) is 2. The van der Waals surface area contributed by atoms with E-state index in [0.29, 0.717) is 10.7 Å². The quantitative estimate of drug-likeness (QED) is 0.854. The number of anilines is 1. The highest BCUT2D eigenvalue weighted by Crippen LogP contribution is 2.35. The number of carbonyl (C=O) groups excluding carboxylic acids is 1. The topological polar surface area (TPSA) is 66.9 Å². The van der Waals surface area contributed by atoms with E-state index < -0.39 is 0 Å². The average molecular weight is 377 g/mol. The summed E-state index contributed by atoms with van der Waals surface area (Å²) in [6, 6.07) is 5.39. The van der Waals surface area contributed by atoms with E-state index >= 15 is 0 Å². The van der Waals surface area contributed by atoms with E-state index in [1.807, 2.05) is 12.1 Å². The molecule has 1 aromatic carbocycles. The minimum absolute atomic E-state index is 0. The van der Waals surface area contributed by atoms with Gasteiger partial charge in [0.25, 0.3) is 0 Å². The summed E-state index contributed by atoms with van der Waals surface area (Å²) in [4.78, 5) is 12.9. The van der Waals surface area contributed by atoms with Crippen LogP contribution in [0.5, 0.6) is 0 Å². The summed E-state index contributed by atoms with van der Waals surface area (Å²) in [5.41, 5.74) is 2.39. The number of hydrogen-bond acceptors (Lipinski definition) is 6. The molecule has 1 unspecified atom stereocenters. The van der Waals surface area contributed by atoms with E-state index in [-0.39, 0.29) is 24.4 Å². The Morgan fingerprint density at radius 1 is 1.50 bits per heavy atom. The van der Waals surface area contributed by atoms with Crippen LogP contribution in [0.4, 0.5) is 5.69 Å². The minimum atomic E-state index is -0.0979. The summed E-state index contributed by atoms with van der Waals surface area (Å²) in [6.45, 7) is 0.899. The summed E-state index contributed by atoms with van der Waals surface area (Å²) in [5.74, 6) is -0.00640. The van der Waals surface area contributed by atoms with Gasteiger partial charge < -0.3 is 10.6 Å². The zero-order valence-electron chi connectivity index (χ0n) is 11.4. The van der Waals surface area contributed by atoms with Gasteiger partial charge in [0.2, 0.25) is 5.91 Å². The SMILES string of the molecule is Cl.O=C(Nc1ccc(Sc2nncs2)c(Cl)c1)C1CCCN1. The zero-order valence-corrected chi connectivity index (χ0v) is 14.6. The monoisotopic (exact) mass is 376 g/mol. The molecule has 118 valence electrons. The molecule has 1 aliphatic rings. The first-order valence-electron chi connectivity index (χ1n) is 6.50. The Morgan fingerprint density at radius 3 is 3.00 bits per heavy atom. The number of carbonyl (C=O) groups is 1. The summed E-state index contributed by atoms with van der Waals surface area (Å²) < 4.78 is 0.837. The van der Waals surface area contributed by atoms with E-state index in [1.54, 1.807) is 11.6 Å². The lowest BCUT2D eigenvalue weighted by Gasteiger charge is -2.12. The highest BCUT2D eigenvalue weighted by Gasteiger charge is 2.22. The van der Waals surface area contributed by atoms with Gasteiger partial charge >= 0.3 is 0 Å². The number of benzene rings is 1. The first-order valence-corrected chi connectivity index (χ1v) is 8.57. The predicted octanol–water partition coefficient (Wildman–Crippen LogP) is 3.46. The van der Waals surface area contributed by atoms with Crippen LogP contribution < -0.4 is 10.6 Å². The highest BCUT2D eigenvalue weighted by atomic mass is 35.5. The molecule has 1 aromatic heterocycles. The Bertz CT molecular complexity index is 633. The lowest BCUT2D eigenvalue weighted by Crippen LogP contribution is -2.35. The van der Waals surface area contributed by atoms with Gasteiger partial charge in [0.15, 0.2) is 4.34 Å². The standard InChI is InChI=1S/C13H13ClN4OS2.ClH/c14-9-6-8(17-12(19)10-2-1-5-15-10)3-4-11(9)21-13-18-16-7-20-13;/h3-4,6-7,10,15H,1-2,5H2,(H,17,19);1H. The number of halogens is 2. The molecule has 0 saturated carbocycles. The van der Waals surface area contributed by atoms with Crippen molar-refractivity contribution in [3.63, 3.8) is 0 Å². The highest BCUT2D eigenvalue weighted by molar-refractivity contribution is 8.01. The molecule has 1 aliphatic heterocycles. The van der Waals surface area contributed by atoms with Gasteiger partial charge in [-0.3, -0.25) is 4.79 Å². The van der Waals surface area contributed by atoms with Gasteiger partial charge in [-0.2, -0.15) is 0 Å². The van der Waals surface area contributed by atoms with Gasteiger partial charge in [0.05, 0.1) is 11.1 Å². The number of nitrogens with zero attached hydrogens (tertiary/aromatic N) is 2. The van der Waals surface area contributed by atoms with Gasteiger partial charge in [-0.1, -0.05) is 34.7 Å². The van der Waals surface area contributed by atoms with Crippen molar-refractivity contribution < 1.29 is 4.79 Å². The van der Waals surface area contributed by atoms with Gasteiger partial charge in [-0.15, -0.1) is 22.6 Å². The summed E-state index contributed by atoms with van der Waals surface area (Å²) in [5, 5.41) is 14.4. The van der Waals surface area contributed by atoms with Gasteiger partial charge in [-0.05, 0) is 37.6 Å². The first-order chi connectivity index (χ1) is 10.2. The number of hydrogen-bond donors (Lipinski definition) is 2. The Hall–Kier alpha value is -0.860. The molecule has 0 spiro atoms. The maximum absolute atomic E-state index is 12.0. The molecular weight excluding hydrogens is 363 g/mol. The fourth-order valence-electron chi connectivity index (χ4n) is 2.10. The van der Waals surface area contributed by atoms with Crippen LogP contribution in [0.1, 0.15) is 12.8 Å².